The topological polar surface area (TPSA) is 61.9 Å². The quantitative estimate of drug-likeness (QED) is 0.279. The number of pyridine rings is 2. The summed E-state index contributed by atoms with van der Waals surface area (Å²) in [6, 6.07) is 30.6. The lowest BCUT2D eigenvalue weighted by atomic mass is 10.1. The van der Waals surface area contributed by atoms with Crippen LogP contribution in [-0.2, 0) is 4.74 Å². The van der Waals surface area contributed by atoms with Crippen LogP contribution in [-0.4, -0.2) is 32.2 Å². The third kappa shape index (κ3) is 2.75. The normalized spacial score (nSPS) is 11.6. The van der Waals surface area contributed by atoms with Gasteiger partial charge < -0.3 is 9.30 Å². The highest BCUT2D eigenvalue weighted by Gasteiger charge is 2.23. The Bertz CT molecular complexity index is 1950. The second-order valence-electron chi connectivity index (χ2n) is 8.62. The van der Waals surface area contributed by atoms with Crippen LogP contribution in [0.1, 0.15) is 10.4 Å². The van der Waals surface area contributed by atoms with E-state index in [9.17, 15) is 4.79 Å². The summed E-state index contributed by atoms with van der Waals surface area (Å²) in [6.45, 7) is 0. The number of ether oxygens (including phenoxy) is 1. The minimum absolute atomic E-state index is 0.385. The van der Waals surface area contributed by atoms with Gasteiger partial charge in [-0.05, 0) is 54.6 Å². The summed E-state index contributed by atoms with van der Waals surface area (Å²) in [6.07, 6.45) is 3.45. The molecule has 0 saturated heterocycles. The van der Waals surface area contributed by atoms with Gasteiger partial charge in [-0.1, -0.05) is 36.4 Å². The van der Waals surface area contributed by atoms with E-state index in [4.69, 9.17) is 9.72 Å². The predicted molar refractivity (Wildman–Crippen MR) is 142 cm³/mol. The van der Waals surface area contributed by atoms with E-state index in [0.29, 0.717) is 11.4 Å². The number of rotatable bonds is 3. The molecule has 4 aromatic heterocycles. The average molecular weight is 469 g/mol. The van der Waals surface area contributed by atoms with E-state index >= 15 is 0 Å². The van der Waals surface area contributed by atoms with Gasteiger partial charge in [0.15, 0.2) is 5.82 Å². The van der Waals surface area contributed by atoms with Crippen LogP contribution in [0.4, 0.5) is 0 Å². The van der Waals surface area contributed by atoms with Crippen LogP contribution in [0.3, 0.4) is 0 Å². The van der Waals surface area contributed by atoms with Crippen molar-refractivity contribution in [2.75, 3.05) is 7.11 Å². The maximum Gasteiger partial charge on any atom is 0.341 e. The lowest BCUT2D eigenvalue weighted by molar-refractivity contribution is 0.0600. The van der Waals surface area contributed by atoms with Crippen LogP contribution in [0.2, 0.25) is 0 Å². The molecule has 36 heavy (non-hydrogen) atoms. The molecular weight excluding hydrogens is 448 g/mol. The molecule has 7 rings (SSSR count). The van der Waals surface area contributed by atoms with Crippen molar-refractivity contribution in [3.63, 3.8) is 0 Å². The van der Waals surface area contributed by atoms with Crippen LogP contribution < -0.4 is 0 Å². The summed E-state index contributed by atoms with van der Waals surface area (Å²) in [7, 11) is 1.38. The Balaban J connectivity index is 1.70. The first-order valence-corrected chi connectivity index (χ1v) is 11.7. The Hall–Kier alpha value is -4.97. The number of esters is 1. The highest BCUT2D eigenvalue weighted by molar-refractivity contribution is 6.28. The molecule has 0 spiro atoms. The number of carbonyl (C=O) groups is 1. The fourth-order valence-corrected chi connectivity index (χ4v) is 5.31. The standard InChI is InChI=1S/C30H20N4O2/c1-36-30(35)22-13-8-18-32-29(22)34-25-16-15-24-26(27(25)21-12-7-17-31-28(21)34)20-11-5-6-14-23(20)33(24)19-9-3-2-4-10-19/h2-18H,1H3. The van der Waals surface area contributed by atoms with Gasteiger partial charge in [-0.25, -0.2) is 14.8 Å². The Morgan fingerprint density at radius 2 is 1.33 bits per heavy atom. The largest absolute Gasteiger partial charge is 0.465 e. The molecule has 6 heteroatoms. The third-order valence-electron chi connectivity index (χ3n) is 6.74. The van der Waals surface area contributed by atoms with Crippen molar-refractivity contribution >= 4 is 49.7 Å². The number of fused-ring (bicyclic) bond motifs is 7. The summed E-state index contributed by atoms with van der Waals surface area (Å²) in [5.74, 6) is 0.0555. The lowest BCUT2D eigenvalue weighted by Gasteiger charge is -2.10. The lowest BCUT2D eigenvalue weighted by Crippen LogP contribution is -2.09. The molecule has 7 aromatic rings. The zero-order chi connectivity index (χ0) is 24.2. The average Bonchev–Trinajstić information content (AvgIpc) is 3.46. The maximum absolute atomic E-state index is 12.6. The molecule has 0 amide bonds. The summed E-state index contributed by atoms with van der Waals surface area (Å²) in [4.78, 5) is 22.0. The van der Waals surface area contributed by atoms with Crippen LogP contribution >= 0.6 is 0 Å². The Kier molecular flexibility index (Phi) is 4.41. The van der Waals surface area contributed by atoms with Gasteiger partial charge >= 0.3 is 5.97 Å². The van der Waals surface area contributed by atoms with Crippen molar-refractivity contribution in [2.24, 2.45) is 0 Å². The molecule has 0 bridgehead atoms. The fourth-order valence-electron chi connectivity index (χ4n) is 5.31. The highest BCUT2D eigenvalue weighted by Crippen LogP contribution is 2.41. The zero-order valence-corrected chi connectivity index (χ0v) is 19.4. The van der Waals surface area contributed by atoms with Crippen molar-refractivity contribution in [3.8, 4) is 11.5 Å². The van der Waals surface area contributed by atoms with Gasteiger partial charge in [0.1, 0.15) is 11.2 Å². The van der Waals surface area contributed by atoms with Gasteiger partial charge in [-0.15, -0.1) is 0 Å². The molecule has 0 saturated carbocycles. The van der Waals surface area contributed by atoms with Gasteiger partial charge in [-0.3, -0.25) is 4.57 Å². The number of methoxy groups -OCH3 is 1. The molecule has 0 aliphatic heterocycles. The van der Waals surface area contributed by atoms with Gasteiger partial charge in [0.05, 0.1) is 23.7 Å². The molecule has 0 radical (unpaired) electrons. The minimum Gasteiger partial charge on any atom is -0.465 e. The third-order valence-corrected chi connectivity index (χ3v) is 6.74. The molecule has 172 valence electrons. The molecule has 3 aromatic carbocycles. The Labute approximate surface area is 206 Å². The second kappa shape index (κ2) is 7.78. The van der Waals surface area contributed by atoms with Gasteiger partial charge in [0.2, 0.25) is 0 Å². The van der Waals surface area contributed by atoms with Gasteiger partial charge in [0, 0.05) is 39.6 Å². The van der Waals surface area contributed by atoms with Crippen LogP contribution in [0.15, 0.2) is 103 Å². The molecule has 6 nitrogen and oxygen atoms in total. The first-order valence-electron chi connectivity index (χ1n) is 11.7. The number of hydrogen-bond donors (Lipinski definition) is 0. The first-order chi connectivity index (χ1) is 17.8. The molecule has 0 aliphatic carbocycles. The first kappa shape index (κ1) is 20.4. The van der Waals surface area contributed by atoms with E-state index in [-0.39, 0.29) is 0 Å². The number of benzene rings is 3. The molecule has 0 aliphatic rings. The number of carbonyl (C=O) groups excluding carboxylic acids is 1. The molecule has 0 unspecified atom stereocenters. The smallest absolute Gasteiger partial charge is 0.341 e. The van der Waals surface area contributed by atoms with Crippen LogP contribution in [0.25, 0.3) is 55.2 Å². The molecule has 0 N–H and O–H groups in total. The summed E-state index contributed by atoms with van der Waals surface area (Å²) in [5, 5.41) is 4.36. The van der Waals surface area contributed by atoms with Crippen molar-refractivity contribution in [1.82, 2.24) is 19.1 Å². The van der Waals surface area contributed by atoms with E-state index in [1.165, 1.54) is 7.11 Å². The SMILES string of the molecule is COC(=O)c1cccnc1-n1c2ccc3c(c4ccccc4n3-c3ccccc3)c2c2cccnc21. The van der Waals surface area contributed by atoms with E-state index in [1.54, 1.807) is 24.5 Å². The molecule has 0 atom stereocenters. The van der Waals surface area contributed by atoms with E-state index < -0.39 is 5.97 Å². The van der Waals surface area contributed by atoms with E-state index in [2.05, 4.69) is 76.3 Å². The van der Waals surface area contributed by atoms with Crippen molar-refractivity contribution in [3.05, 3.63) is 109 Å². The fraction of sp³-hybridized carbons (Fsp3) is 0.0333. The van der Waals surface area contributed by atoms with Gasteiger partial charge in [0.25, 0.3) is 0 Å². The number of nitrogens with zero attached hydrogens (tertiary/aromatic N) is 4. The summed E-state index contributed by atoms with van der Waals surface area (Å²) in [5.41, 5.74) is 5.38. The zero-order valence-electron chi connectivity index (χ0n) is 19.4. The minimum atomic E-state index is -0.439. The van der Waals surface area contributed by atoms with Crippen LogP contribution in [0, 0.1) is 0 Å². The maximum atomic E-state index is 12.6. The second-order valence-corrected chi connectivity index (χ2v) is 8.62. The van der Waals surface area contributed by atoms with Crippen molar-refractivity contribution < 1.29 is 9.53 Å². The van der Waals surface area contributed by atoms with Crippen LogP contribution in [0.5, 0.6) is 0 Å². The van der Waals surface area contributed by atoms with Crippen molar-refractivity contribution in [1.29, 1.82) is 0 Å². The summed E-state index contributed by atoms with van der Waals surface area (Å²) < 4.78 is 9.32. The van der Waals surface area contributed by atoms with Crippen molar-refractivity contribution in [2.45, 2.75) is 0 Å². The Morgan fingerprint density at radius 3 is 2.17 bits per heavy atom. The van der Waals surface area contributed by atoms with E-state index in [1.807, 2.05) is 16.7 Å². The number of para-hydroxylation sites is 2. The summed E-state index contributed by atoms with van der Waals surface area (Å²) >= 11 is 0. The molecular formula is C30H20N4O2. The Morgan fingerprint density at radius 1 is 0.667 bits per heavy atom. The molecule has 4 heterocycles. The predicted octanol–water partition coefficient (Wildman–Crippen LogP) is 6.46. The monoisotopic (exact) mass is 468 g/mol. The van der Waals surface area contributed by atoms with E-state index in [0.717, 1.165) is 49.4 Å². The van der Waals surface area contributed by atoms with Gasteiger partial charge in [-0.2, -0.15) is 0 Å². The number of aromatic nitrogens is 4. The number of hydrogen-bond acceptors (Lipinski definition) is 4. The molecule has 0 fully saturated rings. The highest BCUT2D eigenvalue weighted by atomic mass is 16.5.